The summed E-state index contributed by atoms with van der Waals surface area (Å²) in [4.78, 5) is 4.81. The van der Waals surface area contributed by atoms with E-state index in [2.05, 4.69) is 53.1 Å². The van der Waals surface area contributed by atoms with Crippen LogP contribution in [0.2, 0.25) is 0 Å². The summed E-state index contributed by atoms with van der Waals surface area (Å²) >= 11 is 0. The zero-order valence-corrected chi connectivity index (χ0v) is 29.4. The Morgan fingerprint density at radius 2 is 0.804 bits per heavy atom. The number of aromatic nitrogens is 2. The molecule has 9 rings (SSSR count). The number of hydrogen-bond donors (Lipinski definition) is 0. The molecule has 244 valence electrons. The Balaban J connectivity index is 1.38. The van der Waals surface area contributed by atoms with E-state index in [4.69, 9.17) is 4.98 Å². The largest absolute Gasteiger partial charge is 0.309 e. The maximum absolute atomic E-state index is 15.6. The summed E-state index contributed by atoms with van der Waals surface area (Å²) in [6, 6.07) is 61.6. The number of pyridine rings is 1. The van der Waals surface area contributed by atoms with Gasteiger partial charge in [0.25, 0.3) is 0 Å². The fourth-order valence-electron chi connectivity index (χ4n) is 7.37. The molecular formula is C45H32N2O2P2. The number of hydrogen-bond acceptors (Lipinski definition) is 3. The van der Waals surface area contributed by atoms with Crippen molar-refractivity contribution in [2.45, 2.75) is 0 Å². The molecule has 0 aliphatic rings. The molecule has 0 aliphatic carbocycles. The zero-order chi connectivity index (χ0) is 34.4. The van der Waals surface area contributed by atoms with Gasteiger partial charge >= 0.3 is 0 Å². The number of fused-ring (bicyclic) bond motifs is 4. The van der Waals surface area contributed by atoms with Crippen molar-refractivity contribution in [1.29, 1.82) is 0 Å². The third-order valence-corrected chi connectivity index (χ3v) is 15.9. The fourth-order valence-corrected chi connectivity index (χ4v) is 12.7. The van der Waals surface area contributed by atoms with Crippen molar-refractivity contribution < 1.29 is 9.13 Å². The molecule has 9 aromatic rings. The van der Waals surface area contributed by atoms with E-state index in [0.717, 1.165) is 70.2 Å². The second-order valence-corrected chi connectivity index (χ2v) is 18.2. The molecule has 0 fully saturated rings. The quantitative estimate of drug-likeness (QED) is 0.157. The SMILES string of the molecule is O=P(c1ccccc1)(c1ccccc1)c1ccc2c(c1)c1cc(P(=O)(c3ccccc3)c3ccccc3)ccc1n2-c1cccc2cccnc12. The number of para-hydroxylation sites is 1. The third-order valence-electron chi connectivity index (χ3n) is 9.79. The van der Waals surface area contributed by atoms with Crippen LogP contribution in [-0.2, 0) is 9.13 Å². The lowest BCUT2D eigenvalue weighted by molar-refractivity contribution is 0.591. The smallest absolute Gasteiger partial charge is 0.171 e. The summed E-state index contributed by atoms with van der Waals surface area (Å²) in [5.74, 6) is 0. The van der Waals surface area contributed by atoms with Gasteiger partial charge in [-0.3, -0.25) is 4.98 Å². The van der Waals surface area contributed by atoms with Gasteiger partial charge in [-0.2, -0.15) is 0 Å². The van der Waals surface area contributed by atoms with Gasteiger partial charge in [0.05, 0.1) is 22.2 Å². The van der Waals surface area contributed by atoms with E-state index >= 15 is 9.13 Å². The van der Waals surface area contributed by atoms with E-state index in [9.17, 15) is 0 Å². The Kier molecular flexibility index (Phi) is 7.66. The van der Waals surface area contributed by atoms with E-state index in [1.54, 1.807) is 0 Å². The third kappa shape index (κ3) is 5.02. The van der Waals surface area contributed by atoms with Crippen molar-refractivity contribution in [3.63, 3.8) is 0 Å². The molecule has 0 amide bonds. The highest BCUT2D eigenvalue weighted by atomic mass is 31.2. The minimum Gasteiger partial charge on any atom is -0.309 e. The lowest BCUT2D eigenvalue weighted by Crippen LogP contribution is -2.25. The molecule has 0 bridgehead atoms. The summed E-state index contributed by atoms with van der Waals surface area (Å²) in [6.07, 6.45) is 1.82. The molecule has 0 atom stereocenters. The van der Waals surface area contributed by atoms with Gasteiger partial charge in [-0.15, -0.1) is 0 Å². The van der Waals surface area contributed by atoms with Gasteiger partial charge in [-0.05, 0) is 48.5 Å². The first-order chi connectivity index (χ1) is 25.1. The van der Waals surface area contributed by atoms with Crippen molar-refractivity contribution in [2.24, 2.45) is 0 Å². The topological polar surface area (TPSA) is 52.0 Å². The first-order valence-corrected chi connectivity index (χ1v) is 20.3. The summed E-state index contributed by atoms with van der Waals surface area (Å²) < 4.78 is 33.4. The highest BCUT2D eigenvalue weighted by molar-refractivity contribution is 7.85. The first-order valence-electron chi connectivity index (χ1n) is 16.9. The molecule has 0 unspecified atom stereocenters. The van der Waals surface area contributed by atoms with Gasteiger partial charge in [0.15, 0.2) is 14.3 Å². The van der Waals surface area contributed by atoms with Crippen LogP contribution in [0.3, 0.4) is 0 Å². The molecule has 4 nitrogen and oxygen atoms in total. The van der Waals surface area contributed by atoms with E-state index in [0.29, 0.717) is 0 Å². The van der Waals surface area contributed by atoms with Gasteiger partial charge < -0.3 is 13.7 Å². The number of nitrogens with zero attached hydrogens (tertiary/aromatic N) is 2. The van der Waals surface area contributed by atoms with Crippen LogP contribution >= 0.6 is 14.3 Å². The van der Waals surface area contributed by atoms with Crippen LogP contribution in [0.25, 0.3) is 38.4 Å². The molecule has 0 saturated heterocycles. The summed E-state index contributed by atoms with van der Waals surface area (Å²) in [7, 11) is -6.55. The van der Waals surface area contributed by atoms with Gasteiger partial charge in [0.2, 0.25) is 0 Å². The summed E-state index contributed by atoms with van der Waals surface area (Å²) in [5.41, 5.74) is 3.72. The van der Waals surface area contributed by atoms with E-state index in [1.165, 1.54) is 0 Å². The molecule has 51 heavy (non-hydrogen) atoms. The Morgan fingerprint density at radius 3 is 1.24 bits per heavy atom. The second kappa shape index (κ2) is 12.5. The summed E-state index contributed by atoms with van der Waals surface area (Å²) in [6.45, 7) is 0. The minimum atomic E-state index is -3.28. The molecule has 0 spiro atoms. The van der Waals surface area contributed by atoms with Gasteiger partial charge in [0, 0.05) is 54.2 Å². The Bertz CT molecular complexity index is 2550. The van der Waals surface area contributed by atoms with Crippen LogP contribution in [-0.4, -0.2) is 9.55 Å². The molecule has 2 aromatic heterocycles. The van der Waals surface area contributed by atoms with Crippen LogP contribution in [0.4, 0.5) is 0 Å². The first kappa shape index (κ1) is 31.2. The number of benzene rings is 7. The van der Waals surface area contributed by atoms with Crippen molar-refractivity contribution in [1.82, 2.24) is 9.55 Å². The van der Waals surface area contributed by atoms with Crippen LogP contribution in [0.1, 0.15) is 0 Å². The molecule has 7 aromatic carbocycles. The molecule has 0 aliphatic heterocycles. The minimum absolute atomic E-state index is 0.738. The van der Waals surface area contributed by atoms with Gasteiger partial charge in [-0.25, -0.2) is 0 Å². The van der Waals surface area contributed by atoms with Crippen molar-refractivity contribution in [3.05, 3.63) is 194 Å². The highest BCUT2D eigenvalue weighted by Gasteiger charge is 2.32. The predicted molar refractivity (Wildman–Crippen MR) is 215 cm³/mol. The molecule has 0 saturated carbocycles. The van der Waals surface area contributed by atoms with E-state index in [-0.39, 0.29) is 0 Å². The molecular weight excluding hydrogens is 662 g/mol. The van der Waals surface area contributed by atoms with Crippen LogP contribution in [0.5, 0.6) is 0 Å². The Morgan fingerprint density at radius 1 is 0.392 bits per heavy atom. The summed E-state index contributed by atoms with van der Waals surface area (Å²) in [5, 5.41) is 7.46. The van der Waals surface area contributed by atoms with E-state index < -0.39 is 14.3 Å². The van der Waals surface area contributed by atoms with Crippen LogP contribution in [0, 0.1) is 0 Å². The van der Waals surface area contributed by atoms with Crippen LogP contribution < -0.4 is 31.8 Å². The maximum atomic E-state index is 15.6. The number of rotatable bonds is 7. The molecule has 2 heterocycles. The molecule has 0 radical (unpaired) electrons. The average molecular weight is 695 g/mol. The lowest BCUT2D eigenvalue weighted by atomic mass is 10.1. The Labute approximate surface area is 296 Å². The van der Waals surface area contributed by atoms with Crippen molar-refractivity contribution in [3.8, 4) is 5.69 Å². The molecule has 0 N–H and O–H groups in total. The zero-order valence-electron chi connectivity index (χ0n) is 27.6. The fraction of sp³-hybridized carbons (Fsp3) is 0. The standard InChI is InChI=1S/C45H32N2O2P2/c48-50(34-17-5-1-6-18-34,35-19-7-2-8-20-35)38-26-28-42-40(31-38)41-32-39(51(49,36-21-9-3-10-22-36)37-23-11-4-12-24-37)27-29-43(41)47(42)44-25-13-15-33-16-14-30-46-45(33)44/h1-32H. The lowest BCUT2D eigenvalue weighted by Gasteiger charge is -2.20. The van der Waals surface area contributed by atoms with Crippen molar-refractivity contribution >= 4 is 78.8 Å². The monoisotopic (exact) mass is 694 g/mol. The van der Waals surface area contributed by atoms with Crippen LogP contribution in [0.15, 0.2) is 194 Å². The maximum Gasteiger partial charge on any atom is 0.171 e. The normalized spacial score (nSPS) is 12.1. The average Bonchev–Trinajstić information content (AvgIpc) is 3.54. The highest BCUT2D eigenvalue weighted by Crippen LogP contribution is 2.46. The molecule has 6 heteroatoms. The predicted octanol–water partition coefficient (Wildman–Crippen LogP) is 8.61. The van der Waals surface area contributed by atoms with Crippen molar-refractivity contribution in [2.75, 3.05) is 0 Å². The second-order valence-electron chi connectivity index (χ2n) is 12.7. The van der Waals surface area contributed by atoms with E-state index in [1.807, 2.05) is 146 Å². The Hall–Kier alpha value is -5.79. The van der Waals surface area contributed by atoms with Gasteiger partial charge in [0.1, 0.15) is 0 Å². The van der Waals surface area contributed by atoms with Gasteiger partial charge in [-0.1, -0.05) is 140 Å².